The molecule has 2 aromatic carbocycles. The van der Waals surface area contributed by atoms with Gasteiger partial charge < -0.3 is 15.2 Å². The maximum absolute atomic E-state index is 12.1. The molecule has 0 aliphatic carbocycles. The molecule has 0 heterocycles. The van der Waals surface area contributed by atoms with Crippen LogP contribution in [0.5, 0.6) is 5.75 Å². The van der Waals surface area contributed by atoms with E-state index in [9.17, 15) is 23.1 Å². The summed E-state index contributed by atoms with van der Waals surface area (Å²) in [5.74, 6) is -0.907. The van der Waals surface area contributed by atoms with Gasteiger partial charge in [-0.1, -0.05) is 18.2 Å². The number of ether oxygens (including phenoxy) is 1. The number of halogens is 3. The molecule has 0 fully saturated rings. The zero-order valence-corrected chi connectivity index (χ0v) is 12.1. The molecule has 0 aliphatic heterocycles. The molecular weight excluding hydrogens is 311 g/mol. The highest BCUT2D eigenvalue weighted by Gasteiger charge is 2.31. The number of rotatable bonds is 4. The molecule has 7 heteroatoms. The number of hydrogen-bond donors (Lipinski definition) is 2. The molecule has 4 nitrogen and oxygen atoms in total. The lowest BCUT2D eigenvalue weighted by atomic mass is 10.1. The fourth-order valence-electron chi connectivity index (χ4n) is 1.98. The molecule has 0 bridgehead atoms. The van der Waals surface area contributed by atoms with Gasteiger partial charge in [-0.15, -0.1) is 13.2 Å². The Labute approximate surface area is 130 Å². The van der Waals surface area contributed by atoms with E-state index in [-0.39, 0.29) is 5.56 Å². The van der Waals surface area contributed by atoms with Crippen molar-refractivity contribution in [2.24, 2.45) is 0 Å². The number of alkyl halides is 3. The molecule has 0 radical (unpaired) electrons. The van der Waals surface area contributed by atoms with E-state index in [1.54, 1.807) is 31.2 Å². The van der Waals surface area contributed by atoms with E-state index < -0.39 is 24.1 Å². The quantitative estimate of drug-likeness (QED) is 0.896. The van der Waals surface area contributed by atoms with Gasteiger partial charge in [0.2, 0.25) is 0 Å². The molecule has 2 N–H and O–H groups in total. The van der Waals surface area contributed by atoms with Gasteiger partial charge in [0.15, 0.2) is 0 Å². The van der Waals surface area contributed by atoms with Crippen molar-refractivity contribution in [1.29, 1.82) is 0 Å². The van der Waals surface area contributed by atoms with Crippen LogP contribution in [0.25, 0.3) is 0 Å². The number of para-hydroxylation sites is 1. The zero-order chi connectivity index (χ0) is 17.0. The fourth-order valence-corrected chi connectivity index (χ4v) is 1.98. The number of nitrogens with one attached hydrogen (secondary N) is 1. The van der Waals surface area contributed by atoms with E-state index in [0.29, 0.717) is 11.3 Å². The molecule has 23 heavy (non-hydrogen) atoms. The molecule has 0 aromatic heterocycles. The minimum atomic E-state index is -4.78. The Bertz CT molecular complexity index is 682. The van der Waals surface area contributed by atoms with Crippen LogP contribution in [-0.4, -0.2) is 17.4 Å². The second-order valence-corrected chi connectivity index (χ2v) is 4.79. The summed E-state index contributed by atoms with van der Waals surface area (Å²) in [6, 6.07) is 11.3. The van der Waals surface area contributed by atoms with Crippen LogP contribution in [0.1, 0.15) is 28.9 Å². The normalized spacial score (nSPS) is 12.6. The van der Waals surface area contributed by atoms with E-state index in [1.807, 2.05) is 0 Å². The van der Waals surface area contributed by atoms with E-state index in [0.717, 1.165) is 12.1 Å². The lowest BCUT2D eigenvalue weighted by Crippen LogP contribution is -2.17. The first-order chi connectivity index (χ1) is 10.8. The van der Waals surface area contributed by atoms with Crippen LogP contribution >= 0.6 is 0 Å². The first-order valence-electron chi connectivity index (χ1n) is 6.70. The molecule has 2 rings (SSSR count). The third kappa shape index (κ3) is 4.72. The number of amides is 1. The molecule has 1 amide bonds. The van der Waals surface area contributed by atoms with E-state index in [4.69, 9.17) is 0 Å². The average Bonchev–Trinajstić information content (AvgIpc) is 2.46. The van der Waals surface area contributed by atoms with Crippen LogP contribution in [0.4, 0.5) is 18.9 Å². The highest BCUT2D eigenvalue weighted by Crippen LogP contribution is 2.25. The van der Waals surface area contributed by atoms with Crippen LogP contribution in [-0.2, 0) is 0 Å². The standard InChI is InChI=1S/C16H14F3NO3/c1-10(21)13-4-2-3-5-14(13)20-15(22)11-6-8-12(9-7-11)23-16(17,18)19/h2-10,21H,1H3,(H,20,22). The molecular formula is C16H14F3NO3. The average molecular weight is 325 g/mol. The maximum Gasteiger partial charge on any atom is 0.573 e. The predicted octanol–water partition coefficient (Wildman–Crippen LogP) is 3.89. The summed E-state index contributed by atoms with van der Waals surface area (Å²) in [5, 5.41) is 12.3. The summed E-state index contributed by atoms with van der Waals surface area (Å²) < 4.78 is 40.0. The van der Waals surface area contributed by atoms with Crippen molar-refractivity contribution < 1.29 is 27.8 Å². The second-order valence-electron chi connectivity index (χ2n) is 4.79. The fraction of sp³-hybridized carbons (Fsp3) is 0.188. The van der Waals surface area contributed by atoms with Crippen molar-refractivity contribution in [2.45, 2.75) is 19.4 Å². The minimum Gasteiger partial charge on any atom is -0.406 e. The monoisotopic (exact) mass is 325 g/mol. The minimum absolute atomic E-state index is 0.167. The smallest absolute Gasteiger partial charge is 0.406 e. The van der Waals surface area contributed by atoms with Crippen molar-refractivity contribution in [3.05, 3.63) is 59.7 Å². The van der Waals surface area contributed by atoms with Crippen molar-refractivity contribution in [3.8, 4) is 5.75 Å². The van der Waals surface area contributed by atoms with Gasteiger partial charge in [0, 0.05) is 16.8 Å². The highest BCUT2D eigenvalue weighted by atomic mass is 19.4. The van der Waals surface area contributed by atoms with Crippen molar-refractivity contribution in [1.82, 2.24) is 0 Å². The number of carbonyl (C=O) groups is 1. The van der Waals surface area contributed by atoms with Gasteiger partial charge in [0.05, 0.1) is 6.10 Å². The molecule has 0 spiro atoms. The van der Waals surface area contributed by atoms with E-state index >= 15 is 0 Å². The molecule has 1 atom stereocenters. The summed E-state index contributed by atoms with van der Waals surface area (Å²) in [6.07, 6.45) is -5.55. The Morgan fingerprint density at radius 2 is 1.74 bits per heavy atom. The highest BCUT2D eigenvalue weighted by molar-refractivity contribution is 6.04. The molecule has 0 saturated carbocycles. The largest absolute Gasteiger partial charge is 0.573 e. The Balaban J connectivity index is 2.13. The summed E-state index contributed by atoms with van der Waals surface area (Å²) in [4.78, 5) is 12.1. The third-order valence-corrected chi connectivity index (χ3v) is 3.01. The molecule has 122 valence electrons. The lowest BCUT2D eigenvalue weighted by Gasteiger charge is -2.13. The molecule has 2 aromatic rings. The number of aliphatic hydroxyl groups is 1. The Kier molecular flexibility index (Phi) is 4.90. The van der Waals surface area contributed by atoms with E-state index in [1.165, 1.54) is 12.1 Å². The Morgan fingerprint density at radius 3 is 2.30 bits per heavy atom. The van der Waals surface area contributed by atoms with Gasteiger partial charge in [-0.05, 0) is 37.3 Å². The summed E-state index contributed by atoms with van der Waals surface area (Å²) in [7, 11) is 0. The van der Waals surface area contributed by atoms with Crippen LogP contribution in [0, 0.1) is 0 Å². The number of anilines is 1. The van der Waals surface area contributed by atoms with Crippen molar-refractivity contribution >= 4 is 11.6 Å². The summed E-state index contributed by atoms with van der Waals surface area (Å²) in [6.45, 7) is 1.56. The van der Waals surface area contributed by atoms with Crippen molar-refractivity contribution in [3.63, 3.8) is 0 Å². The van der Waals surface area contributed by atoms with Gasteiger partial charge in [-0.25, -0.2) is 0 Å². The Morgan fingerprint density at radius 1 is 1.13 bits per heavy atom. The van der Waals surface area contributed by atoms with Gasteiger partial charge in [-0.3, -0.25) is 4.79 Å². The summed E-state index contributed by atoms with van der Waals surface area (Å²) in [5.41, 5.74) is 1.14. The lowest BCUT2D eigenvalue weighted by molar-refractivity contribution is -0.274. The van der Waals surface area contributed by atoms with Crippen LogP contribution in [0.15, 0.2) is 48.5 Å². The van der Waals surface area contributed by atoms with Crippen LogP contribution in [0.2, 0.25) is 0 Å². The maximum atomic E-state index is 12.1. The first kappa shape index (κ1) is 16.8. The van der Waals surface area contributed by atoms with Gasteiger partial charge in [0.1, 0.15) is 5.75 Å². The van der Waals surface area contributed by atoms with E-state index in [2.05, 4.69) is 10.1 Å². The Hall–Kier alpha value is -2.54. The summed E-state index contributed by atoms with van der Waals surface area (Å²) >= 11 is 0. The number of carbonyl (C=O) groups excluding carboxylic acids is 1. The van der Waals surface area contributed by atoms with Crippen molar-refractivity contribution in [2.75, 3.05) is 5.32 Å². The first-order valence-corrected chi connectivity index (χ1v) is 6.70. The molecule has 1 unspecified atom stereocenters. The van der Waals surface area contributed by atoms with Gasteiger partial charge in [0.25, 0.3) is 5.91 Å². The topological polar surface area (TPSA) is 58.6 Å². The zero-order valence-electron chi connectivity index (χ0n) is 12.1. The second kappa shape index (κ2) is 6.70. The van der Waals surface area contributed by atoms with Gasteiger partial charge in [-0.2, -0.15) is 0 Å². The number of hydrogen-bond acceptors (Lipinski definition) is 3. The predicted molar refractivity (Wildman–Crippen MR) is 78.2 cm³/mol. The van der Waals surface area contributed by atoms with Crippen LogP contribution < -0.4 is 10.1 Å². The van der Waals surface area contributed by atoms with Gasteiger partial charge >= 0.3 is 6.36 Å². The third-order valence-electron chi connectivity index (χ3n) is 3.01. The molecule has 0 aliphatic rings. The molecule has 0 saturated heterocycles. The SMILES string of the molecule is CC(O)c1ccccc1NC(=O)c1ccc(OC(F)(F)F)cc1. The van der Waals surface area contributed by atoms with Crippen LogP contribution in [0.3, 0.4) is 0 Å². The number of benzene rings is 2. The number of aliphatic hydroxyl groups excluding tert-OH is 1.